The highest BCUT2D eigenvalue weighted by Crippen LogP contribution is 2.43. The van der Waals surface area contributed by atoms with E-state index >= 15 is 0 Å². The van der Waals surface area contributed by atoms with Gasteiger partial charge < -0.3 is 9.64 Å². The zero-order chi connectivity index (χ0) is 24.4. The number of fused-ring (bicyclic) bond motifs is 1. The van der Waals surface area contributed by atoms with E-state index in [1.807, 2.05) is 32.2 Å². The van der Waals surface area contributed by atoms with Gasteiger partial charge >= 0.3 is 0 Å². The van der Waals surface area contributed by atoms with Crippen molar-refractivity contribution in [3.63, 3.8) is 0 Å². The smallest absolute Gasteiger partial charge is 0.137 e. The Morgan fingerprint density at radius 2 is 1.97 bits per heavy atom. The zero-order valence-electron chi connectivity index (χ0n) is 21.0. The molecular weight excluding hydrogens is 452 g/mol. The predicted octanol–water partition coefficient (Wildman–Crippen LogP) is 5.98. The monoisotopic (exact) mass is 486 g/mol. The molecule has 35 heavy (non-hydrogen) atoms. The van der Waals surface area contributed by atoms with Gasteiger partial charge in [-0.1, -0.05) is 30.4 Å². The summed E-state index contributed by atoms with van der Waals surface area (Å²) in [5, 5.41) is 10.6. The molecule has 1 unspecified atom stereocenters. The summed E-state index contributed by atoms with van der Waals surface area (Å²) in [6.45, 7) is 8.59. The van der Waals surface area contributed by atoms with E-state index in [2.05, 4.69) is 47.2 Å². The van der Waals surface area contributed by atoms with Crippen LogP contribution in [0.3, 0.4) is 0 Å². The molecule has 6 heteroatoms. The van der Waals surface area contributed by atoms with E-state index in [1.165, 1.54) is 33.6 Å². The highest BCUT2D eigenvalue weighted by atomic mass is 32.1. The van der Waals surface area contributed by atoms with Crippen LogP contribution in [0.5, 0.6) is 0 Å². The molecule has 1 atom stereocenters. The first-order valence-corrected chi connectivity index (χ1v) is 13.5. The van der Waals surface area contributed by atoms with Gasteiger partial charge in [-0.25, -0.2) is 4.98 Å². The lowest BCUT2D eigenvalue weighted by Gasteiger charge is -2.36. The summed E-state index contributed by atoms with van der Waals surface area (Å²) in [4.78, 5) is 11.2. The zero-order valence-corrected chi connectivity index (χ0v) is 21.8. The van der Waals surface area contributed by atoms with E-state index < -0.39 is 0 Å². The number of hydrogen-bond donors (Lipinski definition) is 0. The summed E-state index contributed by atoms with van der Waals surface area (Å²) in [6, 6.07) is 9.66. The molecule has 1 fully saturated rings. The molecule has 0 spiro atoms. The van der Waals surface area contributed by atoms with Crippen LogP contribution in [0.2, 0.25) is 0 Å². The van der Waals surface area contributed by atoms with Gasteiger partial charge in [0.15, 0.2) is 0 Å². The second-order valence-electron chi connectivity index (χ2n) is 9.95. The minimum atomic E-state index is 0.0237. The Hall–Kier alpha value is -2.72. The number of nitriles is 1. The highest BCUT2D eigenvalue weighted by molar-refractivity contribution is 7.16. The molecule has 1 aliphatic heterocycles. The van der Waals surface area contributed by atoms with Crippen LogP contribution in [0.4, 0.5) is 0 Å². The van der Waals surface area contributed by atoms with Crippen molar-refractivity contribution in [3.05, 3.63) is 70.1 Å². The summed E-state index contributed by atoms with van der Waals surface area (Å²) in [5.74, 6) is 0.646. The fourth-order valence-electron chi connectivity index (χ4n) is 5.38. The molecule has 1 saturated heterocycles. The number of thiazole rings is 1. The normalized spacial score (nSPS) is 25.9. The molecule has 2 heterocycles. The highest BCUT2D eigenvalue weighted by Gasteiger charge is 2.31. The molecule has 0 bridgehead atoms. The van der Waals surface area contributed by atoms with E-state index in [4.69, 9.17) is 9.72 Å². The average Bonchev–Trinajstić information content (AvgIpc) is 3.49. The standard InChI is InChI=1S/C29H34N4OS/c1-20(2)34-27-13-10-21(6-4-7-22(27)18-30)29-31-19-28(35-29)25-9-5-8-24-23(25)11-12-26(24)33-16-14-32(3)15-17-33/h5,7-10,13,19-20,26H,4,6,11-12,14-17H2,1-3H3/b21-10+,22-7-,27-13+. The number of hydrogen-bond acceptors (Lipinski definition) is 6. The third-order valence-corrected chi connectivity index (χ3v) is 8.32. The summed E-state index contributed by atoms with van der Waals surface area (Å²) in [7, 11) is 2.22. The fourth-order valence-corrected chi connectivity index (χ4v) is 6.40. The van der Waals surface area contributed by atoms with Crippen molar-refractivity contribution < 1.29 is 4.74 Å². The summed E-state index contributed by atoms with van der Waals surface area (Å²) >= 11 is 1.78. The van der Waals surface area contributed by atoms with Crippen molar-refractivity contribution in [2.45, 2.75) is 51.7 Å². The number of rotatable bonds is 5. The predicted molar refractivity (Wildman–Crippen MR) is 143 cm³/mol. The van der Waals surface area contributed by atoms with Gasteiger partial charge in [0.2, 0.25) is 0 Å². The number of likely N-dealkylation sites (N-methyl/N-ethyl adjacent to an activating group) is 1. The summed E-state index contributed by atoms with van der Waals surface area (Å²) in [5.41, 5.74) is 6.18. The summed E-state index contributed by atoms with van der Waals surface area (Å²) < 4.78 is 5.91. The van der Waals surface area contributed by atoms with Gasteiger partial charge in [-0.2, -0.15) is 5.26 Å². The molecule has 2 aliphatic carbocycles. The van der Waals surface area contributed by atoms with Gasteiger partial charge in [0, 0.05) is 38.4 Å². The van der Waals surface area contributed by atoms with Crippen LogP contribution in [0, 0.1) is 11.3 Å². The average molecular weight is 487 g/mol. The van der Waals surface area contributed by atoms with E-state index in [9.17, 15) is 5.26 Å². The number of piperazine rings is 1. The Bertz CT molecular complexity index is 1210. The van der Waals surface area contributed by atoms with Crippen LogP contribution in [-0.4, -0.2) is 54.1 Å². The molecule has 5 rings (SSSR count). The number of benzene rings is 1. The van der Waals surface area contributed by atoms with Crippen LogP contribution in [0.15, 0.2) is 54.0 Å². The Labute approximate surface area is 213 Å². The Morgan fingerprint density at radius 3 is 2.74 bits per heavy atom. The van der Waals surface area contributed by atoms with E-state index in [0.717, 1.165) is 50.4 Å². The maximum Gasteiger partial charge on any atom is 0.137 e. The number of ether oxygens (including phenoxy) is 1. The quantitative estimate of drug-likeness (QED) is 0.520. The van der Waals surface area contributed by atoms with Crippen LogP contribution in [-0.2, 0) is 11.2 Å². The molecule has 5 nitrogen and oxygen atoms in total. The maximum absolute atomic E-state index is 9.52. The third kappa shape index (κ3) is 5.13. The Kier molecular flexibility index (Phi) is 7.19. The van der Waals surface area contributed by atoms with Crippen molar-refractivity contribution in [3.8, 4) is 16.5 Å². The molecule has 0 radical (unpaired) electrons. The van der Waals surface area contributed by atoms with Gasteiger partial charge in [0.25, 0.3) is 0 Å². The lowest BCUT2D eigenvalue weighted by Crippen LogP contribution is -2.45. The van der Waals surface area contributed by atoms with Crippen molar-refractivity contribution in [2.24, 2.45) is 0 Å². The molecule has 3 aliphatic rings. The van der Waals surface area contributed by atoms with E-state index in [-0.39, 0.29) is 6.10 Å². The Balaban J connectivity index is 1.40. The Morgan fingerprint density at radius 1 is 1.14 bits per heavy atom. The minimum Gasteiger partial charge on any atom is -0.490 e. The second-order valence-corrected chi connectivity index (χ2v) is 11.0. The first kappa shape index (κ1) is 24.0. The molecule has 1 aromatic heterocycles. The van der Waals surface area contributed by atoms with E-state index in [0.29, 0.717) is 17.4 Å². The first-order chi connectivity index (χ1) is 17.0. The van der Waals surface area contributed by atoms with Crippen molar-refractivity contribution in [1.82, 2.24) is 14.8 Å². The van der Waals surface area contributed by atoms with Gasteiger partial charge in [0.05, 0.1) is 16.6 Å². The number of aromatic nitrogens is 1. The topological polar surface area (TPSA) is 52.4 Å². The largest absolute Gasteiger partial charge is 0.490 e. The van der Waals surface area contributed by atoms with Crippen LogP contribution < -0.4 is 0 Å². The van der Waals surface area contributed by atoms with Crippen molar-refractivity contribution in [2.75, 3.05) is 33.2 Å². The number of nitrogens with zero attached hydrogens (tertiary/aromatic N) is 4. The SMILES string of the molecule is CC(C)OC1=C/C=C(/c2ncc(-c3cccc4c3CCC4N3CCN(C)CC3)s2)CC/C=C\1C#N. The minimum absolute atomic E-state index is 0.0237. The molecule has 0 N–H and O–H groups in total. The number of allylic oxidation sites excluding steroid dienone is 5. The van der Waals surface area contributed by atoms with Gasteiger partial charge in [-0.3, -0.25) is 4.90 Å². The second kappa shape index (κ2) is 10.5. The van der Waals surface area contributed by atoms with Gasteiger partial charge in [-0.15, -0.1) is 11.3 Å². The van der Waals surface area contributed by atoms with Crippen LogP contribution in [0.25, 0.3) is 16.0 Å². The third-order valence-electron chi connectivity index (χ3n) is 7.21. The first-order valence-electron chi connectivity index (χ1n) is 12.7. The molecule has 0 amide bonds. The van der Waals surface area contributed by atoms with E-state index in [1.54, 1.807) is 11.3 Å². The van der Waals surface area contributed by atoms with Gasteiger partial charge in [0.1, 0.15) is 16.8 Å². The molecule has 2 aromatic rings. The molecule has 182 valence electrons. The van der Waals surface area contributed by atoms with Crippen molar-refractivity contribution in [1.29, 1.82) is 5.26 Å². The van der Waals surface area contributed by atoms with Crippen LogP contribution >= 0.6 is 11.3 Å². The lowest BCUT2D eigenvalue weighted by atomic mass is 10.0. The lowest BCUT2D eigenvalue weighted by molar-refractivity contribution is 0.111. The summed E-state index contributed by atoms with van der Waals surface area (Å²) in [6.07, 6.45) is 12.1. The maximum atomic E-state index is 9.52. The fraction of sp³-hybridized carbons (Fsp3) is 0.448. The molecular formula is C29H34N4OS. The van der Waals surface area contributed by atoms with Crippen LogP contribution in [0.1, 0.15) is 55.3 Å². The molecule has 0 saturated carbocycles. The van der Waals surface area contributed by atoms with Crippen molar-refractivity contribution >= 4 is 16.9 Å². The van der Waals surface area contributed by atoms with Gasteiger partial charge in [-0.05, 0) is 74.9 Å². The molecule has 1 aromatic carbocycles.